The van der Waals surface area contributed by atoms with Gasteiger partial charge in [-0.3, -0.25) is 4.79 Å². The molecule has 24 heavy (non-hydrogen) atoms. The molecule has 1 aliphatic heterocycles. The Hall–Kier alpha value is -1.63. The van der Waals surface area contributed by atoms with Gasteiger partial charge in [-0.1, -0.05) is 20.8 Å². The predicted octanol–water partition coefficient (Wildman–Crippen LogP) is 1.23. The molecule has 1 saturated carbocycles. The van der Waals surface area contributed by atoms with Gasteiger partial charge in [0.05, 0.1) is 12.1 Å². The molecule has 0 aromatic carbocycles. The lowest BCUT2D eigenvalue weighted by Crippen LogP contribution is -2.56. The van der Waals surface area contributed by atoms with Crippen molar-refractivity contribution in [1.82, 2.24) is 10.2 Å². The maximum Gasteiger partial charge on any atom is 0.408 e. The van der Waals surface area contributed by atoms with Crippen LogP contribution in [0.2, 0.25) is 0 Å². The molecule has 0 aromatic heterocycles. The maximum absolute atomic E-state index is 12.9. The molecule has 2 rings (SSSR count). The van der Waals surface area contributed by atoms with Gasteiger partial charge in [0.25, 0.3) is 0 Å². The molecule has 7 heteroatoms. The molecule has 7 nitrogen and oxygen atoms in total. The van der Waals surface area contributed by atoms with Crippen LogP contribution in [0.5, 0.6) is 0 Å². The van der Waals surface area contributed by atoms with Crippen LogP contribution < -0.4 is 5.32 Å². The van der Waals surface area contributed by atoms with E-state index in [1.54, 1.807) is 0 Å². The molecule has 0 unspecified atom stereocenters. The van der Waals surface area contributed by atoms with E-state index in [9.17, 15) is 19.5 Å². The number of hydrogen-bond acceptors (Lipinski definition) is 5. The number of hydrogen-bond donors (Lipinski definition) is 2. The number of rotatable bonds is 4. The Kier molecular flexibility index (Phi) is 5.85. The van der Waals surface area contributed by atoms with Crippen LogP contribution in [-0.2, 0) is 14.3 Å². The Labute approximate surface area is 142 Å². The fourth-order valence-electron chi connectivity index (χ4n) is 3.35. The maximum atomic E-state index is 12.9. The van der Waals surface area contributed by atoms with Crippen LogP contribution >= 0.6 is 0 Å². The molecule has 1 heterocycles. The fourth-order valence-corrected chi connectivity index (χ4v) is 3.35. The highest BCUT2D eigenvalue weighted by Gasteiger charge is 2.42. The van der Waals surface area contributed by atoms with Gasteiger partial charge in [0.1, 0.15) is 18.4 Å². The van der Waals surface area contributed by atoms with Crippen LogP contribution in [0.3, 0.4) is 0 Å². The van der Waals surface area contributed by atoms with Gasteiger partial charge < -0.3 is 24.9 Å². The van der Waals surface area contributed by atoms with Crippen molar-refractivity contribution in [2.75, 3.05) is 6.54 Å². The lowest BCUT2D eigenvalue weighted by molar-refractivity contribution is -0.139. The minimum Gasteiger partial charge on any atom is -0.446 e. The van der Waals surface area contributed by atoms with Crippen molar-refractivity contribution in [3.05, 3.63) is 0 Å². The van der Waals surface area contributed by atoms with E-state index in [2.05, 4.69) is 5.32 Å². The number of carbonyl (C=O) groups excluding carboxylic acids is 3. The van der Waals surface area contributed by atoms with Crippen molar-refractivity contribution in [3.8, 4) is 0 Å². The SMILES string of the molecule is CC(C)(C)[C@H](NC(=O)OC1CCCC1)C(=O)N1C[C@@H](O)C[C@H]1C=O. The van der Waals surface area contributed by atoms with Crippen molar-refractivity contribution in [3.63, 3.8) is 0 Å². The Morgan fingerprint density at radius 1 is 1.29 bits per heavy atom. The van der Waals surface area contributed by atoms with Gasteiger partial charge in [-0.05, 0) is 31.1 Å². The summed E-state index contributed by atoms with van der Waals surface area (Å²) in [5.74, 6) is -0.362. The van der Waals surface area contributed by atoms with Gasteiger partial charge in [0.2, 0.25) is 5.91 Å². The molecule has 2 amide bonds. The Morgan fingerprint density at radius 2 is 1.92 bits per heavy atom. The summed E-state index contributed by atoms with van der Waals surface area (Å²) in [4.78, 5) is 37.6. The average molecular weight is 340 g/mol. The zero-order chi connectivity index (χ0) is 17.9. The van der Waals surface area contributed by atoms with Gasteiger partial charge in [0, 0.05) is 13.0 Å². The Balaban J connectivity index is 2.05. The summed E-state index contributed by atoms with van der Waals surface area (Å²) >= 11 is 0. The van der Waals surface area contributed by atoms with E-state index >= 15 is 0 Å². The number of amides is 2. The van der Waals surface area contributed by atoms with Crippen molar-refractivity contribution >= 4 is 18.3 Å². The Morgan fingerprint density at radius 3 is 2.46 bits per heavy atom. The standard InChI is InChI=1S/C17H28N2O5/c1-17(2,3)14(18-16(23)24-13-6-4-5-7-13)15(22)19-9-12(21)8-11(19)10-20/h10-14,21H,4-9H2,1-3H3,(H,18,23)/t11-,12-,14+/m0/s1. The second-order valence-corrected chi connectivity index (χ2v) is 7.84. The minimum atomic E-state index is -0.820. The zero-order valence-corrected chi connectivity index (χ0v) is 14.7. The molecule has 2 aliphatic rings. The van der Waals surface area contributed by atoms with E-state index in [0.29, 0.717) is 6.29 Å². The van der Waals surface area contributed by atoms with Gasteiger partial charge in [0.15, 0.2) is 0 Å². The van der Waals surface area contributed by atoms with Crippen LogP contribution in [0, 0.1) is 5.41 Å². The summed E-state index contributed by atoms with van der Waals surface area (Å²) in [7, 11) is 0. The molecule has 1 saturated heterocycles. The lowest BCUT2D eigenvalue weighted by atomic mass is 9.85. The van der Waals surface area contributed by atoms with Crippen LogP contribution in [-0.4, -0.2) is 59.1 Å². The number of ether oxygens (including phenoxy) is 1. The molecular formula is C17H28N2O5. The number of carbonyl (C=O) groups is 3. The van der Waals surface area contributed by atoms with E-state index in [1.807, 2.05) is 20.8 Å². The molecule has 0 radical (unpaired) electrons. The fraction of sp³-hybridized carbons (Fsp3) is 0.824. The second-order valence-electron chi connectivity index (χ2n) is 7.84. The predicted molar refractivity (Wildman–Crippen MR) is 87.3 cm³/mol. The smallest absolute Gasteiger partial charge is 0.408 e. The second kappa shape index (κ2) is 7.51. The molecule has 136 valence electrons. The molecule has 2 N–H and O–H groups in total. The summed E-state index contributed by atoms with van der Waals surface area (Å²) in [6.45, 7) is 5.63. The third-order valence-corrected chi connectivity index (χ3v) is 4.71. The van der Waals surface area contributed by atoms with Gasteiger partial charge >= 0.3 is 6.09 Å². The van der Waals surface area contributed by atoms with E-state index in [-0.39, 0.29) is 25.0 Å². The molecule has 0 spiro atoms. The van der Waals surface area contributed by atoms with Crippen molar-refractivity contribution in [2.24, 2.45) is 5.41 Å². The van der Waals surface area contributed by atoms with Gasteiger partial charge in [-0.15, -0.1) is 0 Å². The van der Waals surface area contributed by atoms with Crippen LogP contribution in [0.15, 0.2) is 0 Å². The first-order valence-corrected chi connectivity index (χ1v) is 8.63. The summed E-state index contributed by atoms with van der Waals surface area (Å²) in [6.07, 6.45) is 3.31. The van der Waals surface area contributed by atoms with E-state index < -0.39 is 29.7 Å². The first kappa shape index (κ1) is 18.7. The minimum absolute atomic E-state index is 0.0861. The summed E-state index contributed by atoms with van der Waals surface area (Å²) in [5, 5.41) is 12.4. The Bertz CT molecular complexity index is 482. The number of nitrogens with zero attached hydrogens (tertiary/aromatic N) is 1. The van der Waals surface area contributed by atoms with Crippen molar-refractivity contribution < 1.29 is 24.2 Å². The quantitative estimate of drug-likeness (QED) is 0.751. The number of aliphatic hydroxyl groups is 1. The van der Waals surface area contributed by atoms with Crippen LogP contribution in [0.1, 0.15) is 52.9 Å². The van der Waals surface area contributed by atoms with Gasteiger partial charge in [-0.2, -0.15) is 0 Å². The molecule has 3 atom stereocenters. The van der Waals surface area contributed by atoms with E-state index in [4.69, 9.17) is 4.74 Å². The average Bonchev–Trinajstić information content (AvgIpc) is 3.12. The first-order chi connectivity index (χ1) is 11.2. The molecule has 0 aromatic rings. The molecular weight excluding hydrogens is 312 g/mol. The monoisotopic (exact) mass is 340 g/mol. The van der Waals surface area contributed by atoms with Crippen LogP contribution in [0.4, 0.5) is 4.79 Å². The molecule has 0 bridgehead atoms. The number of aldehydes is 1. The summed E-state index contributed by atoms with van der Waals surface area (Å²) < 4.78 is 5.38. The summed E-state index contributed by atoms with van der Waals surface area (Å²) in [6, 6.07) is -1.47. The van der Waals surface area contributed by atoms with Gasteiger partial charge in [-0.25, -0.2) is 4.79 Å². The highest BCUT2D eigenvalue weighted by molar-refractivity contribution is 5.88. The number of aliphatic hydroxyl groups excluding tert-OH is 1. The zero-order valence-electron chi connectivity index (χ0n) is 14.7. The highest BCUT2D eigenvalue weighted by atomic mass is 16.6. The normalized spacial score (nSPS) is 26.2. The number of likely N-dealkylation sites (tertiary alicyclic amines) is 1. The summed E-state index contributed by atoms with van der Waals surface area (Å²) in [5.41, 5.74) is -0.549. The lowest BCUT2D eigenvalue weighted by Gasteiger charge is -2.34. The molecule has 2 fully saturated rings. The number of alkyl carbamates (subject to hydrolysis) is 1. The van der Waals surface area contributed by atoms with Crippen molar-refractivity contribution in [1.29, 1.82) is 0 Å². The topological polar surface area (TPSA) is 95.9 Å². The highest BCUT2D eigenvalue weighted by Crippen LogP contribution is 2.26. The third kappa shape index (κ3) is 4.47. The van der Waals surface area contributed by atoms with Crippen LogP contribution in [0.25, 0.3) is 0 Å². The largest absolute Gasteiger partial charge is 0.446 e. The number of β-amino-alcohol motifs (C(OH)–C–C–N with tert-alkyl or cyclic N) is 1. The third-order valence-electron chi connectivity index (χ3n) is 4.71. The molecule has 1 aliphatic carbocycles. The first-order valence-electron chi connectivity index (χ1n) is 8.63. The van der Waals surface area contributed by atoms with Crippen molar-refractivity contribution in [2.45, 2.75) is 77.2 Å². The number of nitrogens with one attached hydrogen (secondary N) is 1. The van der Waals surface area contributed by atoms with E-state index in [0.717, 1.165) is 25.7 Å². The van der Waals surface area contributed by atoms with E-state index in [1.165, 1.54) is 4.90 Å².